The molecule has 0 unspecified atom stereocenters. The van der Waals surface area contributed by atoms with Crippen molar-refractivity contribution in [2.75, 3.05) is 0 Å². The first-order valence-electron chi connectivity index (χ1n) is 8.08. The third-order valence-electron chi connectivity index (χ3n) is 4.99. The average molecular weight is 541 g/mol. The highest BCUT2D eigenvalue weighted by atomic mass is 127. The van der Waals surface area contributed by atoms with Gasteiger partial charge in [-0.25, -0.2) is 9.78 Å². The minimum atomic E-state index is -0.444. The van der Waals surface area contributed by atoms with Gasteiger partial charge in [-0.15, -0.1) is 0 Å². The van der Waals surface area contributed by atoms with Gasteiger partial charge in [0.1, 0.15) is 18.8 Å². The molecule has 4 fully saturated rings. The molecule has 0 atom stereocenters. The number of imidazole rings is 1. The second-order valence-corrected chi connectivity index (χ2v) is 10.4. The molecule has 7 heteroatoms. The summed E-state index contributed by atoms with van der Waals surface area (Å²) in [5.74, 6) is 1.92. The number of aromatic nitrogens is 2. The van der Waals surface area contributed by atoms with E-state index >= 15 is 0 Å². The van der Waals surface area contributed by atoms with Gasteiger partial charge in [-0.05, 0) is 98.1 Å². The molecule has 1 aromatic rings. The lowest BCUT2D eigenvalue weighted by atomic mass is 9.44. The zero-order valence-electron chi connectivity index (χ0n) is 13.6. The second-order valence-electron chi connectivity index (χ2n) is 8.32. The molecule has 1 amide bonds. The predicted molar refractivity (Wildman–Crippen MR) is 104 cm³/mol. The first kappa shape index (κ1) is 16.4. The lowest BCUT2D eigenvalue weighted by Gasteiger charge is -2.70. The van der Waals surface area contributed by atoms with Gasteiger partial charge in [0.2, 0.25) is 0 Å². The number of hydrogen-bond acceptors (Lipinski definition) is 3. The van der Waals surface area contributed by atoms with Crippen LogP contribution >= 0.6 is 45.2 Å². The summed E-state index contributed by atoms with van der Waals surface area (Å²) < 4.78 is 10.3. The molecule has 2 bridgehead atoms. The van der Waals surface area contributed by atoms with Crippen LogP contribution < -0.4 is 5.32 Å². The molecular weight excluding hydrogens is 520 g/mol. The van der Waals surface area contributed by atoms with Crippen LogP contribution in [-0.2, 0) is 10.3 Å². The van der Waals surface area contributed by atoms with Crippen LogP contribution in [0.25, 0.3) is 0 Å². The van der Waals surface area contributed by atoms with Crippen molar-refractivity contribution >= 4 is 51.3 Å². The highest BCUT2D eigenvalue weighted by Gasteiger charge is 2.71. The van der Waals surface area contributed by atoms with Crippen molar-refractivity contribution < 1.29 is 9.53 Å². The number of carbonyl (C=O) groups is 1. The second kappa shape index (κ2) is 4.98. The first-order chi connectivity index (χ1) is 10.6. The number of nitrogens with one attached hydrogen (secondary N) is 1. The normalized spacial score (nSPS) is 32.0. The SMILES string of the molecule is CC(C)(C)OC(=O)NC12CC(n3c(C4CC4)nc(I)c3I)(C1)C2. The summed E-state index contributed by atoms with van der Waals surface area (Å²) in [6, 6.07) is 0. The molecule has 1 heterocycles. The topological polar surface area (TPSA) is 56.1 Å². The Kier molecular flexibility index (Phi) is 3.56. The van der Waals surface area contributed by atoms with Crippen molar-refractivity contribution in [2.45, 2.75) is 75.5 Å². The molecule has 5 nitrogen and oxygen atoms in total. The summed E-state index contributed by atoms with van der Waals surface area (Å²) in [5, 5.41) is 3.10. The smallest absolute Gasteiger partial charge is 0.408 e. The van der Waals surface area contributed by atoms with Crippen LogP contribution in [0, 0.1) is 7.40 Å². The van der Waals surface area contributed by atoms with E-state index in [0.29, 0.717) is 5.92 Å². The molecule has 1 aromatic heterocycles. The molecule has 1 N–H and O–H groups in total. The molecule has 126 valence electrons. The van der Waals surface area contributed by atoms with Crippen molar-refractivity contribution in [2.24, 2.45) is 0 Å². The van der Waals surface area contributed by atoms with Crippen molar-refractivity contribution in [1.82, 2.24) is 14.9 Å². The fourth-order valence-electron chi connectivity index (χ4n) is 4.08. The van der Waals surface area contributed by atoms with Crippen LogP contribution in [0.5, 0.6) is 0 Å². The van der Waals surface area contributed by atoms with Gasteiger partial charge in [0, 0.05) is 5.92 Å². The van der Waals surface area contributed by atoms with E-state index in [1.165, 1.54) is 22.4 Å². The Morgan fingerprint density at radius 2 is 1.91 bits per heavy atom. The van der Waals surface area contributed by atoms with E-state index in [1.54, 1.807) is 0 Å². The zero-order chi connectivity index (χ0) is 16.6. The van der Waals surface area contributed by atoms with E-state index in [0.717, 1.165) is 23.0 Å². The van der Waals surface area contributed by atoms with Crippen LogP contribution in [0.3, 0.4) is 0 Å². The van der Waals surface area contributed by atoms with E-state index in [9.17, 15) is 4.79 Å². The Morgan fingerprint density at radius 3 is 2.43 bits per heavy atom. The number of rotatable bonds is 3. The minimum absolute atomic E-state index is 0.0536. The summed E-state index contributed by atoms with van der Waals surface area (Å²) in [5.41, 5.74) is -0.317. The number of carbonyl (C=O) groups excluding carboxylic acids is 1. The number of alkyl carbamates (subject to hydrolysis) is 1. The van der Waals surface area contributed by atoms with Gasteiger partial charge in [-0.2, -0.15) is 0 Å². The molecule has 23 heavy (non-hydrogen) atoms. The molecule has 0 saturated heterocycles. The molecule has 0 radical (unpaired) electrons. The van der Waals surface area contributed by atoms with Gasteiger partial charge in [0.25, 0.3) is 0 Å². The number of halogens is 2. The lowest BCUT2D eigenvalue weighted by molar-refractivity contribution is -0.139. The summed E-state index contributed by atoms with van der Waals surface area (Å²) in [7, 11) is 0. The van der Waals surface area contributed by atoms with Crippen LogP contribution in [0.2, 0.25) is 0 Å². The van der Waals surface area contributed by atoms with Gasteiger partial charge >= 0.3 is 6.09 Å². The van der Waals surface area contributed by atoms with Gasteiger partial charge in [0.15, 0.2) is 0 Å². The van der Waals surface area contributed by atoms with E-state index in [4.69, 9.17) is 9.72 Å². The summed E-state index contributed by atoms with van der Waals surface area (Å²) in [4.78, 5) is 16.8. The largest absolute Gasteiger partial charge is 0.444 e. The van der Waals surface area contributed by atoms with Crippen LogP contribution in [0.15, 0.2) is 0 Å². The van der Waals surface area contributed by atoms with E-state index in [2.05, 4.69) is 55.1 Å². The van der Waals surface area contributed by atoms with Crippen molar-refractivity contribution in [3.63, 3.8) is 0 Å². The fraction of sp³-hybridized carbons (Fsp3) is 0.750. The van der Waals surface area contributed by atoms with Gasteiger partial charge in [-0.1, -0.05) is 0 Å². The molecule has 4 aliphatic rings. The van der Waals surface area contributed by atoms with E-state index in [-0.39, 0.29) is 17.2 Å². The quantitative estimate of drug-likeness (QED) is 0.587. The molecule has 0 aliphatic heterocycles. The summed E-state index contributed by atoms with van der Waals surface area (Å²) in [6.07, 6.45) is 5.24. The number of ether oxygens (including phenoxy) is 1. The van der Waals surface area contributed by atoms with Gasteiger partial charge in [-0.3, -0.25) is 0 Å². The van der Waals surface area contributed by atoms with Crippen molar-refractivity contribution in [3.8, 4) is 0 Å². The van der Waals surface area contributed by atoms with E-state index < -0.39 is 5.60 Å². The van der Waals surface area contributed by atoms with Crippen LogP contribution in [0.1, 0.15) is 64.6 Å². The van der Waals surface area contributed by atoms with Crippen molar-refractivity contribution in [3.05, 3.63) is 13.2 Å². The third kappa shape index (κ3) is 2.69. The number of amides is 1. The summed E-state index contributed by atoms with van der Waals surface area (Å²) >= 11 is 4.76. The molecule has 4 aliphatic carbocycles. The average Bonchev–Trinajstić information content (AvgIpc) is 3.10. The molecule has 5 rings (SSSR count). The van der Waals surface area contributed by atoms with Gasteiger partial charge < -0.3 is 14.6 Å². The predicted octanol–water partition coefficient (Wildman–Crippen LogP) is 4.13. The molecule has 0 spiro atoms. The number of nitrogens with zero attached hydrogens (tertiary/aromatic N) is 2. The third-order valence-corrected chi connectivity index (χ3v) is 7.77. The fourth-order valence-corrected chi connectivity index (χ4v) is 5.45. The van der Waals surface area contributed by atoms with Crippen molar-refractivity contribution in [1.29, 1.82) is 0 Å². The molecule has 0 aromatic carbocycles. The first-order valence-corrected chi connectivity index (χ1v) is 10.2. The maximum atomic E-state index is 12.0. The zero-order valence-corrected chi connectivity index (χ0v) is 17.9. The van der Waals surface area contributed by atoms with Crippen LogP contribution in [0.4, 0.5) is 4.79 Å². The molecule has 4 saturated carbocycles. The van der Waals surface area contributed by atoms with Crippen LogP contribution in [-0.4, -0.2) is 26.8 Å². The Labute approximate surface area is 163 Å². The molecular formula is C16H21I2N3O2. The summed E-state index contributed by atoms with van der Waals surface area (Å²) in [6.45, 7) is 5.69. The highest BCUT2D eigenvalue weighted by molar-refractivity contribution is 14.1. The monoisotopic (exact) mass is 541 g/mol. The Balaban J connectivity index is 1.47. The number of hydrogen-bond donors (Lipinski definition) is 1. The minimum Gasteiger partial charge on any atom is -0.444 e. The Bertz CT molecular complexity index is 668. The highest BCUT2D eigenvalue weighted by Crippen LogP contribution is 2.66. The van der Waals surface area contributed by atoms with E-state index in [1.807, 2.05) is 20.8 Å². The Morgan fingerprint density at radius 1 is 1.30 bits per heavy atom. The Hall–Kier alpha value is -0.0600. The lowest BCUT2D eigenvalue weighted by Crippen LogP contribution is -2.79. The van der Waals surface area contributed by atoms with Gasteiger partial charge in [0.05, 0.1) is 11.1 Å². The maximum Gasteiger partial charge on any atom is 0.408 e. The standard InChI is InChI=1S/C16H21I2N3O2/c1-14(2,3)23-13(22)20-15-6-16(7-15,8-15)21-11(18)10(17)19-12(21)9-4-5-9/h9H,4-8H2,1-3H3,(H,20,22). The maximum absolute atomic E-state index is 12.0.